The third kappa shape index (κ3) is 5.57. The highest BCUT2D eigenvalue weighted by atomic mass is 35.5. The van der Waals surface area contributed by atoms with Gasteiger partial charge in [-0.2, -0.15) is 0 Å². The molecule has 0 spiro atoms. The molecule has 4 rings (SSSR count). The maximum absolute atomic E-state index is 13.7. The molecule has 0 saturated carbocycles. The van der Waals surface area contributed by atoms with E-state index in [0.29, 0.717) is 35.6 Å². The number of nitrogens with two attached hydrogens (primary N) is 1. The van der Waals surface area contributed by atoms with Gasteiger partial charge in [-0.1, -0.05) is 50.9 Å². The minimum atomic E-state index is -1.01. The van der Waals surface area contributed by atoms with Gasteiger partial charge in [0, 0.05) is 22.7 Å². The number of ketones is 1. The van der Waals surface area contributed by atoms with Gasteiger partial charge in [0.1, 0.15) is 17.2 Å². The molecular formula is C28H32ClN3O6. The Hall–Kier alpha value is -3.72. The van der Waals surface area contributed by atoms with Crippen LogP contribution in [0.15, 0.2) is 47.7 Å². The van der Waals surface area contributed by atoms with Crippen molar-refractivity contribution in [2.45, 2.75) is 52.5 Å². The topological polar surface area (TPSA) is 131 Å². The van der Waals surface area contributed by atoms with Crippen LogP contribution in [0.2, 0.25) is 5.02 Å². The highest BCUT2D eigenvalue weighted by Gasteiger charge is 2.45. The van der Waals surface area contributed by atoms with Crippen molar-refractivity contribution in [1.82, 2.24) is 0 Å². The summed E-state index contributed by atoms with van der Waals surface area (Å²) in [6.07, 6.45) is 1.66. The molecule has 2 aromatic rings. The quantitative estimate of drug-likeness (QED) is 0.313. The maximum atomic E-state index is 13.7. The van der Waals surface area contributed by atoms with Crippen LogP contribution in [-0.2, 0) is 14.3 Å². The van der Waals surface area contributed by atoms with Gasteiger partial charge in [-0.05, 0) is 48.1 Å². The lowest BCUT2D eigenvalue weighted by Crippen LogP contribution is -2.40. The normalized spacial score (nSPS) is 18.2. The predicted octanol–water partition coefficient (Wildman–Crippen LogP) is 5.46. The average Bonchev–Trinajstić information content (AvgIpc) is 2.97. The zero-order chi connectivity index (χ0) is 27.6. The number of hydrogen-bond acceptors (Lipinski definition) is 7. The Bertz CT molecular complexity index is 1310. The fourth-order valence-electron chi connectivity index (χ4n) is 4.89. The molecular weight excluding hydrogens is 510 g/mol. The first kappa shape index (κ1) is 27.3. The molecule has 10 heteroatoms. The van der Waals surface area contributed by atoms with Crippen molar-refractivity contribution >= 4 is 40.8 Å². The second kappa shape index (κ2) is 10.9. The second-order valence-electron chi connectivity index (χ2n) is 10.3. The number of carbonyl (C=O) groups excluding carboxylic acids is 3. The number of fused-ring (bicyclic) bond motifs is 1. The summed E-state index contributed by atoms with van der Waals surface area (Å²) in [4.78, 5) is 40.0. The zero-order valence-electron chi connectivity index (χ0n) is 21.7. The fourth-order valence-corrected chi connectivity index (χ4v) is 5.17. The smallest absolute Gasteiger partial charge is 0.415 e. The van der Waals surface area contributed by atoms with E-state index in [1.54, 1.807) is 30.3 Å². The van der Waals surface area contributed by atoms with Gasteiger partial charge in [0.05, 0.1) is 18.3 Å². The number of anilines is 2. The van der Waals surface area contributed by atoms with Crippen LogP contribution in [0.25, 0.3) is 0 Å². The molecule has 0 radical (unpaired) electrons. The summed E-state index contributed by atoms with van der Waals surface area (Å²) in [6.45, 7) is 5.90. The number of allylic oxidation sites excluding steroid dienone is 1. The number of ether oxygens (including phenoxy) is 2. The SMILES string of the molecule is CCCCOc1ccc([C@@H]2C3=C(CC(C)(C)CC3=O)Nc3c(O)cccc3N2C(=O)OCC(N)=O)c(Cl)c1. The number of primary amides is 1. The van der Waals surface area contributed by atoms with Gasteiger partial charge in [-0.15, -0.1) is 0 Å². The van der Waals surface area contributed by atoms with Crippen molar-refractivity contribution in [2.75, 3.05) is 23.4 Å². The van der Waals surface area contributed by atoms with E-state index in [1.165, 1.54) is 11.0 Å². The van der Waals surface area contributed by atoms with E-state index < -0.39 is 24.6 Å². The number of rotatable bonds is 7. The van der Waals surface area contributed by atoms with Crippen molar-refractivity contribution in [1.29, 1.82) is 0 Å². The van der Waals surface area contributed by atoms with E-state index in [1.807, 2.05) is 13.8 Å². The fraction of sp³-hybridized carbons (Fsp3) is 0.393. The molecule has 1 heterocycles. The number of nitrogens with zero attached hydrogens (tertiary/aromatic N) is 1. The Morgan fingerprint density at radius 3 is 2.68 bits per heavy atom. The number of para-hydroxylation sites is 1. The van der Waals surface area contributed by atoms with Crippen molar-refractivity contribution in [3.05, 3.63) is 58.3 Å². The summed E-state index contributed by atoms with van der Waals surface area (Å²) in [6, 6.07) is 8.76. The first-order chi connectivity index (χ1) is 18.0. The number of benzene rings is 2. The Morgan fingerprint density at radius 2 is 2.00 bits per heavy atom. The van der Waals surface area contributed by atoms with Crippen LogP contribution < -0.4 is 20.7 Å². The van der Waals surface area contributed by atoms with Gasteiger partial charge in [-0.3, -0.25) is 14.5 Å². The molecule has 1 aliphatic carbocycles. The monoisotopic (exact) mass is 541 g/mol. The van der Waals surface area contributed by atoms with Gasteiger partial charge in [0.25, 0.3) is 5.91 Å². The van der Waals surface area contributed by atoms with Crippen molar-refractivity contribution in [2.24, 2.45) is 11.1 Å². The minimum absolute atomic E-state index is 0.121. The van der Waals surface area contributed by atoms with Crippen molar-refractivity contribution in [3.63, 3.8) is 0 Å². The number of nitrogens with one attached hydrogen (secondary N) is 1. The van der Waals surface area contributed by atoms with Crippen LogP contribution in [0.4, 0.5) is 16.2 Å². The molecule has 1 atom stereocenters. The lowest BCUT2D eigenvalue weighted by molar-refractivity contribution is -0.121. The number of amides is 2. The van der Waals surface area contributed by atoms with E-state index in [2.05, 4.69) is 12.2 Å². The van der Waals surface area contributed by atoms with E-state index >= 15 is 0 Å². The predicted molar refractivity (Wildman–Crippen MR) is 144 cm³/mol. The highest BCUT2D eigenvalue weighted by molar-refractivity contribution is 6.31. The first-order valence-electron chi connectivity index (χ1n) is 12.5. The molecule has 1 aliphatic heterocycles. The molecule has 0 bridgehead atoms. The van der Waals surface area contributed by atoms with Crippen LogP contribution in [0.1, 0.15) is 58.1 Å². The summed E-state index contributed by atoms with van der Waals surface area (Å²) < 4.78 is 11.0. The Morgan fingerprint density at radius 1 is 1.24 bits per heavy atom. The zero-order valence-corrected chi connectivity index (χ0v) is 22.4. The minimum Gasteiger partial charge on any atom is -0.506 e. The third-order valence-corrected chi connectivity index (χ3v) is 6.90. The number of unbranched alkanes of at least 4 members (excludes halogenated alkanes) is 1. The van der Waals surface area contributed by atoms with Gasteiger partial charge < -0.3 is 25.6 Å². The molecule has 0 unspecified atom stereocenters. The summed E-state index contributed by atoms with van der Waals surface area (Å²) in [5.74, 6) is -0.566. The number of phenolic OH excluding ortho intramolecular Hbond substituents is 1. The number of carbonyl (C=O) groups is 3. The summed E-state index contributed by atoms with van der Waals surface area (Å²) in [5, 5.41) is 14.3. The molecule has 0 saturated heterocycles. The molecule has 9 nitrogen and oxygen atoms in total. The number of Topliss-reactive ketones (excluding diaryl/α,β-unsaturated/α-hetero) is 1. The van der Waals surface area contributed by atoms with E-state index in [9.17, 15) is 19.5 Å². The molecule has 0 fully saturated rings. The van der Waals surface area contributed by atoms with E-state index in [4.69, 9.17) is 26.8 Å². The van der Waals surface area contributed by atoms with Crippen LogP contribution in [0.3, 0.4) is 0 Å². The second-order valence-corrected chi connectivity index (χ2v) is 10.7. The van der Waals surface area contributed by atoms with Crippen LogP contribution in [0, 0.1) is 5.41 Å². The number of hydrogen-bond donors (Lipinski definition) is 3. The lowest BCUT2D eigenvalue weighted by Gasteiger charge is -2.36. The van der Waals surface area contributed by atoms with Crippen LogP contribution in [0.5, 0.6) is 11.5 Å². The molecule has 38 heavy (non-hydrogen) atoms. The molecule has 2 aromatic carbocycles. The van der Waals surface area contributed by atoms with Gasteiger partial charge in [0.2, 0.25) is 0 Å². The summed E-state index contributed by atoms with van der Waals surface area (Å²) in [5.41, 5.74) is 6.72. The number of aromatic hydroxyl groups is 1. The largest absolute Gasteiger partial charge is 0.506 e. The highest BCUT2D eigenvalue weighted by Crippen LogP contribution is 2.51. The van der Waals surface area contributed by atoms with Crippen molar-refractivity contribution in [3.8, 4) is 11.5 Å². The summed E-state index contributed by atoms with van der Waals surface area (Å²) >= 11 is 6.78. The molecule has 202 valence electrons. The Labute approximate surface area is 226 Å². The van der Waals surface area contributed by atoms with Crippen LogP contribution >= 0.6 is 11.6 Å². The maximum Gasteiger partial charge on any atom is 0.415 e. The van der Waals surface area contributed by atoms with E-state index in [-0.39, 0.29) is 39.8 Å². The Balaban J connectivity index is 1.93. The standard InChI is InChI=1S/C28H32ClN3O6/c1-4-5-11-37-16-9-10-17(18(29)12-16)26-24-19(13-28(2,3)14-22(24)34)31-25-20(7-6-8-21(25)33)32(26)27(36)38-15-23(30)35/h6-10,12,26,31,33H,4-5,11,13-15H2,1-3H3,(H2,30,35)/t26-/m1/s1. The van der Waals surface area contributed by atoms with Gasteiger partial charge in [0.15, 0.2) is 12.4 Å². The molecule has 2 aliphatic rings. The molecule has 0 aromatic heterocycles. The lowest BCUT2D eigenvalue weighted by atomic mass is 9.73. The Kier molecular flexibility index (Phi) is 7.87. The van der Waals surface area contributed by atoms with Gasteiger partial charge >= 0.3 is 6.09 Å². The third-order valence-electron chi connectivity index (χ3n) is 6.58. The van der Waals surface area contributed by atoms with E-state index in [0.717, 1.165) is 12.8 Å². The number of phenols is 1. The molecule has 4 N–H and O–H groups in total. The van der Waals surface area contributed by atoms with Crippen LogP contribution in [-0.4, -0.2) is 36.1 Å². The summed E-state index contributed by atoms with van der Waals surface area (Å²) in [7, 11) is 0. The number of halogens is 1. The van der Waals surface area contributed by atoms with Gasteiger partial charge in [-0.25, -0.2) is 4.79 Å². The van der Waals surface area contributed by atoms with Crippen molar-refractivity contribution < 1.29 is 29.0 Å². The average molecular weight is 542 g/mol. The molecule has 2 amide bonds. The first-order valence-corrected chi connectivity index (χ1v) is 12.9.